The summed E-state index contributed by atoms with van der Waals surface area (Å²) in [4.78, 5) is 67.7. The zero-order chi connectivity index (χ0) is 40.7. The van der Waals surface area contributed by atoms with E-state index in [4.69, 9.17) is 23.1 Å². The molecule has 7 aromatic rings. The Morgan fingerprint density at radius 2 is 0.877 bits per heavy atom. The van der Waals surface area contributed by atoms with E-state index in [1.807, 2.05) is 30.3 Å². The Bertz CT molecular complexity index is 2580. The third-order valence-electron chi connectivity index (χ3n) is 9.41. The van der Waals surface area contributed by atoms with Crippen molar-refractivity contribution in [1.82, 2.24) is 30.6 Å². The van der Waals surface area contributed by atoms with Crippen LogP contribution in [0, 0.1) is 55.4 Å². The van der Waals surface area contributed by atoms with Crippen molar-refractivity contribution < 1.29 is 37.3 Å². The average molecular weight is 791 g/mol. The number of aryl methyl sites for hydroxylation is 4. The van der Waals surface area contributed by atoms with E-state index in [2.05, 4.69) is 46.9 Å². The minimum absolute atomic E-state index is 0.0302. The summed E-state index contributed by atoms with van der Waals surface area (Å²) in [6.45, 7) is 13.4. The van der Waals surface area contributed by atoms with Gasteiger partial charge >= 0.3 is 0 Å². The Morgan fingerprint density at radius 1 is 0.509 bits per heavy atom. The molecular weight excluding hydrogens is 757 g/mol. The van der Waals surface area contributed by atoms with Crippen LogP contribution in [0.5, 0.6) is 0 Å². The first-order chi connectivity index (χ1) is 27.2. The van der Waals surface area contributed by atoms with Crippen LogP contribution in [0.15, 0.2) is 53.8 Å². The van der Waals surface area contributed by atoms with Gasteiger partial charge in [0.2, 0.25) is 23.5 Å². The highest BCUT2D eigenvalue weighted by Crippen LogP contribution is 2.38. The second-order valence-electron chi connectivity index (χ2n) is 13.0. The second-order valence-corrected chi connectivity index (χ2v) is 13.9. The van der Waals surface area contributed by atoms with Gasteiger partial charge in [-0.25, -0.2) is 9.97 Å². The molecule has 57 heavy (non-hydrogen) atoms. The first-order valence-corrected chi connectivity index (χ1v) is 18.2. The van der Waals surface area contributed by atoms with E-state index < -0.39 is 46.1 Å². The first-order valence-electron chi connectivity index (χ1n) is 17.3. The zero-order valence-electron chi connectivity index (χ0n) is 31.8. The number of amides is 4. The molecule has 19 heteroatoms. The number of thiazole rings is 1. The lowest BCUT2D eigenvalue weighted by Gasteiger charge is -2.19. The molecule has 6 aromatic heterocycles. The molecule has 0 aliphatic carbocycles. The van der Waals surface area contributed by atoms with Gasteiger partial charge in [-0.1, -0.05) is 51.0 Å². The van der Waals surface area contributed by atoms with Crippen molar-refractivity contribution in [2.24, 2.45) is 0 Å². The SMILES string of the molecule is Cc1noc(NC(=O)c2nc(C(=O)Nc3onc(C)c3C)c(C(=O)Nc3onc(C)c3C)c(-c3nc(-c4ccccc4)cs3)c2C(=O)Nc2onc(C)c2C)c1C. The molecule has 4 N–H and O–H groups in total. The number of nitrogens with zero attached hydrogens (tertiary/aromatic N) is 6. The molecule has 0 bridgehead atoms. The van der Waals surface area contributed by atoms with Crippen LogP contribution in [0.3, 0.4) is 0 Å². The normalized spacial score (nSPS) is 11.1. The highest BCUT2D eigenvalue weighted by Gasteiger charge is 2.37. The second kappa shape index (κ2) is 15.1. The van der Waals surface area contributed by atoms with Crippen LogP contribution in [0.4, 0.5) is 23.5 Å². The summed E-state index contributed by atoms with van der Waals surface area (Å²) < 4.78 is 21.5. The summed E-state index contributed by atoms with van der Waals surface area (Å²) in [5, 5.41) is 28.0. The van der Waals surface area contributed by atoms with Gasteiger partial charge in [-0.15, -0.1) is 11.3 Å². The highest BCUT2D eigenvalue weighted by molar-refractivity contribution is 7.13. The number of rotatable bonds is 10. The van der Waals surface area contributed by atoms with E-state index in [9.17, 15) is 19.2 Å². The van der Waals surface area contributed by atoms with Gasteiger partial charge in [0.15, 0.2) is 0 Å². The maximum absolute atomic E-state index is 14.7. The van der Waals surface area contributed by atoms with Gasteiger partial charge in [-0.05, 0) is 55.4 Å². The van der Waals surface area contributed by atoms with Crippen molar-refractivity contribution in [2.75, 3.05) is 21.3 Å². The van der Waals surface area contributed by atoms with E-state index in [-0.39, 0.29) is 34.1 Å². The smallest absolute Gasteiger partial charge is 0.277 e. The number of pyridine rings is 1. The topological polar surface area (TPSA) is 246 Å². The number of aromatic nitrogens is 6. The van der Waals surface area contributed by atoms with Crippen LogP contribution >= 0.6 is 11.3 Å². The molecule has 4 amide bonds. The monoisotopic (exact) mass is 790 g/mol. The van der Waals surface area contributed by atoms with Crippen LogP contribution in [0.1, 0.15) is 86.7 Å². The van der Waals surface area contributed by atoms with Crippen molar-refractivity contribution in [1.29, 1.82) is 0 Å². The summed E-state index contributed by atoms with van der Waals surface area (Å²) in [5.41, 5.74) is 2.89. The molecule has 0 radical (unpaired) electrons. The Labute approximate surface area is 327 Å². The lowest BCUT2D eigenvalue weighted by atomic mass is 9.95. The standard InChI is InChI=1S/C38H34N10O8S/c1-15-19(5)45-53-34(15)41-30(49)26-25(38-39-24(14-57-38)23-12-10-9-11-13-23)27(31(50)42-35-16(2)20(6)46-54-35)29(33(52)44-37-18(4)22(8)48-56-37)40-28(26)32(51)43-36-17(3)21(7)47-55-36/h9-14H,1-8H3,(H,41,49)(H,42,50)(H,43,51)(H,44,52). The number of benzene rings is 1. The molecule has 6 heterocycles. The molecule has 0 saturated carbocycles. The predicted molar refractivity (Wildman–Crippen MR) is 207 cm³/mol. The third kappa shape index (κ3) is 7.18. The van der Waals surface area contributed by atoms with Gasteiger partial charge in [0, 0.05) is 38.8 Å². The molecule has 7 rings (SSSR count). The molecule has 0 spiro atoms. The van der Waals surface area contributed by atoms with Gasteiger partial charge in [0.25, 0.3) is 23.6 Å². The average Bonchev–Trinajstić information content (AvgIpc) is 4.03. The minimum Gasteiger partial charge on any atom is -0.338 e. The molecule has 0 aliphatic rings. The zero-order valence-corrected chi connectivity index (χ0v) is 32.6. The molecule has 1 aromatic carbocycles. The summed E-state index contributed by atoms with van der Waals surface area (Å²) >= 11 is 1.06. The Balaban J connectivity index is 1.54. The van der Waals surface area contributed by atoms with Gasteiger partial charge < -0.3 is 18.1 Å². The Kier molecular flexibility index (Phi) is 10.1. The number of carbonyl (C=O) groups excluding carboxylic acids is 4. The van der Waals surface area contributed by atoms with Crippen LogP contribution in [0.2, 0.25) is 0 Å². The fraction of sp³-hybridized carbons (Fsp3) is 0.211. The molecule has 0 unspecified atom stereocenters. The van der Waals surface area contributed by atoms with E-state index in [0.717, 1.165) is 16.9 Å². The summed E-state index contributed by atoms with van der Waals surface area (Å²) in [6, 6.07) is 9.16. The Morgan fingerprint density at radius 3 is 1.23 bits per heavy atom. The molecule has 0 fully saturated rings. The van der Waals surface area contributed by atoms with E-state index in [1.54, 1.807) is 60.8 Å². The Hall–Kier alpha value is -7.28. The van der Waals surface area contributed by atoms with Crippen molar-refractivity contribution in [2.45, 2.75) is 55.4 Å². The van der Waals surface area contributed by atoms with E-state index in [1.165, 1.54) is 0 Å². The molecule has 18 nitrogen and oxygen atoms in total. The van der Waals surface area contributed by atoms with Crippen molar-refractivity contribution in [3.8, 4) is 21.8 Å². The molecule has 0 saturated heterocycles. The van der Waals surface area contributed by atoms with Gasteiger partial charge in [0.1, 0.15) is 16.4 Å². The number of carbonyl (C=O) groups is 4. The molecule has 0 aliphatic heterocycles. The summed E-state index contributed by atoms with van der Waals surface area (Å²) in [6.07, 6.45) is 0. The lowest BCUT2D eigenvalue weighted by molar-refractivity contribution is 0.0970. The van der Waals surface area contributed by atoms with E-state index in [0.29, 0.717) is 50.7 Å². The molecular formula is C38H34N10O8S. The fourth-order valence-electron chi connectivity index (χ4n) is 5.48. The van der Waals surface area contributed by atoms with Crippen molar-refractivity contribution in [3.63, 3.8) is 0 Å². The largest absolute Gasteiger partial charge is 0.338 e. The van der Waals surface area contributed by atoms with E-state index >= 15 is 0 Å². The highest BCUT2D eigenvalue weighted by atomic mass is 32.1. The third-order valence-corrected chi connectivity index (χ3v) is 10.3. The molecule has 0 atom stereocenters. The van der Waals surface area contributed by atoms with Crippen LogP contribution in [0.25, 0.3) is 21.8 Å². The van der Waals surface area contributed by atoms with Crippen LogP contribution in [-0.4, -0.2) is 54.2 Å². The number of hydrogen-bond donors (Lipinski definition) is 4. The fourth-order valence-corrected chi connectivity index (χ4v) is 6.37. The maximum Gasteiger partial charge on any atom is 0.277 e. The van der Waals surface area contributed by atoms with Crippen molar-refractivity contribution in [3.05, 3.63) is 103 Å². The first kappa shape index (κ1) is 38.0. The minimum atomic E-state index is -0.986. The molecule has 290 valence electrons. The van der Waals surface area contributed by atoms with Crippen LogP contribution < -0.4 is 21.3 Å². The van der Waals surface area contributed by atoms with Gasteiger partial charge in [-0.3, -0.25) is 40.4 Å². The quantitative estimate of drug-likeness (QED) is 0.106. The van der Waals surface area contributed by atoms with Gasteiger partial charge in [-0.2, -0.15) is 0 Å². The summed E-state index contributed by atoms with van der Waals surface area (Å²) in [7, 11) is 0. The number of anilines is 4. The van der Waals surface area contributed by atoms with Gasteiger partial charge in [0.05, 0.1) is 39.6 Å². The van der Waals surface area contributed by atoms with Crippen molar-refractivity contribution >= 4 is 58.5 Å². The van der Waals surface area contributed by atoms with Crippen LogP contribution in [-0.2, 0) is 0 Å². The number of hydrogen-bond acceptors (Lipinski definition) is 15. The number of nitrogens with one attached hydrogen (secondary N) is 4. The lowest BCUT2D eigenvalue weighted by Crippen LogP contribution is -2.30. The maximum atomic E-state index is 14.7. The summed E-state index contributed by atoms with van der Waals surface area (Å²) in [5.74, 6) is -4.00. The predicted octanol–water partition coefficient (Wildman–Crippen LogP) is 7.30.